The summed E-state index contributed by atoms with van der Waals surface area (Å²) >= 11 is 6.05. The molecule has 96 valence electrons. The van der Waals surface area contributed by atoms with E-state index in [9.17, 15) is 9.59 Å². The van der Waals surface area contributed by atoms with Crippen LogP contribution >= 0.6 is 11.6 Å². The van der Waals surface area contributed by atoms with Gasteiger partial charge in [0.15, 0.2) is 0 Å². The predicted octanol–water partition coefficient (Wildman–Crippen LogP) is 2.29. The van der Waals surface area contributed by atoms with E-state index in [1.165, 1.54) is 4.90 Å². The predicted molar refractivity (Wildman–Crippen MR) is 69.2 cm³/mol. The molecule has 1 aliphatic rings. The molecular formula is C13H14ClNO3. The first-order chi connectivity index (χ1) is 8.52. The lowest BCUT2D eigenvalue weighted by Gasteiger charge is -2.18. The number of para-hydroxylation sites is 1. The van der Waals surface area contributed by atoms with Crippen molar-refractivity contribution in [3.63, 3.8) is 0 Å². The van der Waals surface area contributed by atoms with E-state index in [0.29, 0.717) is 29.4 Å². The van der Waals surface area contributed by atoms with E-state index in [-0.39, 0.29) is 6.10 Å². The van der Waals surface area contributed by atoms with Crippen LogP contribution in [0.3, 0.4) is 0 Å². The molecule has 0 fully saturated rings. The zero-order valence-electron chi connectivity index (χ0n) is 10.3. The summed E-state index contributed by atoms with van der Waals surface area (Å²) in [6, 6.07) is 4.95. The highest BCUT2D eigenvalue weighted by molar-refractivity contribution is 6.54. The van der Waals surface area contributed by atoms with Crippen LogP contribution in [0.5, 0.6) is 0 Å². The van der Waals surface area contributed by atoms with E-state index in [1.807, 2.05) is 13.8 Å². The summed E-state index contributed by atoms with van der Waals surface area (Å²) in [7, 11) is 0. The van der Waals surface area contributed by atoms with Crippen molar-refractivity contribution in [1.82, 2.24) is 0 Å². The molecule has 0 unspecified atom stereocenters. The second-order valence-corrected chi connectivity index (χ2v) is 4.75. The number of fused-ring (bicyclic) bond motifs is 1. The van der Waals surface area contributed by atoms with Crippen LogP contribution in [-0.2, 0) is 9.53 Å². The standard InChI is InChI=1S/C13H14ClNO3/c1-8(2)18-7-6-15-11-9(12(16)13(15)17)4-3-5-10(11)14/h3-5,8H,6-7H2,1-2H3. The number of carbonyl (C=O) groups is 2. The lowest BCUT2D eigenvalue weighted by molar-refractivity contribution is -0.114. The molecule has 0 aliphatic carbocycles. The second kappa shape index (κ2) is 5.08. The van der Waals surface area contributed by atoms with E-state index >= 15 is 0 Å². The fourth-order valence-electron chi connectivity index (χ4n) is 1.91. The van der Waals surface area contributed by atoms with Crippen molar-refractivity contribution in [2.45, 2.75) is 20.0 Å². The molecule has 0 saturated heterocycles. The van der Waals surface area contributed by atoms with Gasteiger partial charge in [0.25, 0.3) is 11.7 Å². The maximum absolute atomic E-state index is 11.9. The van der Waals surface area contributed by atoms with Gasteiger partial charge in [-0.05, 0) is 26.0 Å². The monoisotopic (exact) mass is 267 g/mol. The zero-order chi connectivity index (χ0) is 13.3. The Bertz CT molecular complexity index is 499. The summed E-state index contributed by atoms with van der Waals surface area (Å²) in [6.45, 7) is 4.54. The molecule has 0 bridgehead atoms. The number of anilines is 1. The zero-order valence-corrected chi connectivity index (χ0v) is 11.0. The van der Waals surface area contributed by atoms with Crippen molar-refractivity contribution < 1.29 is 14.3 Å². The molecule has 0 atom stereocenters. The largest absolute Gasteiger partial charge is 0.377 e. The molecular weight excluding hydrogens is 254 g/mol. The number of ether oxygens (including phenoxy) is 1. The molecule has 0 radical (unpaired) electrons. The summed E-state index contributed by atoms with van der Waals surface area (Å²) in [5.41, 5.74) is 0.874. The third-order valence-electron chi connectivity index (χ3n) is 2.71. The number of hydrogen-bond acceptors (Lipinski definition) is 3. The van der Waals surface area contributed by atoms with Gasteiger partial charge in [-0.25, -0.2) is 0 Å². The Kier molecular flexibility index (Phi) is 3.68. The van der Waals surface area contributed by atoms with Crippen molar-refractivity contribution in [2.75, 3.05) is 18.1 Å². The van der Waals surface area contributed by atoms with Gasteiger partial charge in [0.1, 0.15) is 0 Å². The Labute approximate surface area is 110 Å². The first-order valence-corrected chi connectivity index (χ1v) is 6.16. The summed E-state index contributed by atoms with van der Waals surface area (Å²) < 4.78 is 5.39. The number of carbonyl (C=O) groups excluding carboxylic acids is 2. The lowest BCUT2D eigenvalue weighted by Crippen LogP contribution is -2.33. The maximum atomic E-state index is 11.9. The highest BCUT2D eigenvalue weighted by Gasteiger charge is 2.36. The molecule has 5 heteroatoms. The number of halogens is 1. The number of benzene rings is 1. The van der Waals surface area contributed by atoms with Crippen LogP contribution in [0.25, 0.3) is 0 Å². The molecule has 0 aromatic heterocycles. The number of amides is 1. The van der Waals surface area contributed by atoms with Crippen LogP contribution in [0.1, 0.15) is 24.2 Å². The van der Waals surface area contributed by atoms with Crippen LogP contribution in [0.2, 0.25) is 5.02 Å². The average molecular weight is 268 g/mol. The molecule has 0 N–H and O–H groups in total. The molecule has 0 saturated carbocycles. The Morgan fingerprint density at radius 3 is 2.72 bits per heavy atom. The average Bonchev–Trinajstić information content (AvgIpc) is 2.55. The number of ketones is 1. The van der Waals surface area contributed by atoms with Crippen molar-refractivity contribution in [2.24, 2.45) is 0 Å². The quantitative estimate of drug-likeness (QED) is 0.787. The molecule has 1 heterocycles. The molecule has 1 aliphatic heterocycles. The number of nitrogens with zero attached hydrogens (tertiary/aromatic N) is 1. The Morgan fingerprint density at radius 1 is 1.33 bits per heavy atom. The third kappa shape index (κ3) is 2.26. The summed E-state index contributed by atoms with van der Waals surface area (Å²) in [5, 5.41) is 0.413. The van der Waals surface area contributed by atoms with Gasteiger partial charge < -0.3 is 9.64 Å². The van der Waals surface area contributed by atoms with E-state index in [1.54, 1.807) is 18.2 Å². The van der Waals surface area contributed by atoms with Crippen molar-refractivity contribution in [3.05, 3.63) is 28.8 Å². The minimum Gasteiger partial charge on any atom is -0.377 e. The van der Waals surface area contributed by atoms with Crippen LogP contribution in [0, 0.1) is 0 Å². The SMILES string of the molecule is CC(C)OCCN1C(=O)C(=O)c2cccc(Cl)c21. The summed E-state index contributed by atoms with van der Waals surface area (Å²) in [6.07, 6.45) is 0.0872. The van der Waals surface area contributed by atoms with E-state index in [0.717, 1.165) is 0 Å². The minimum atomic E-state index is -0.537. The van der Waals surface area contributed by atoms with Crippen molar-refractivity contribution in [3.8, 4) is 0 Å². The Morgan fingerprint density at radius 2 is 2.06 bits per heavy atom. The van der Waals surface area contributed by atoms with Gasteiger partial charge in [0.2, 0.25) is 0 Å². The molecule has 1 aromatic rings. The fourth-order valence-corrected chi connectivity index (χ4v) is 2.18. The van der Waals surface area contributed by atoms with Gasteiger partial charge in [-0.2, -0.15) is 0 Å². The van der Waals surface area contributed by atoms with Gasteiger partial charge in [0, 0.05) is 6.54 Å². The van der Waals surface area contributed by atoms with Gasteiger partial charge in [-0.15, -0.1) is 0 Å². The summed E-state index contributed by atoms with van der Waals surface area (Å²) in [4.78, 5) is 25.0. The first kappa shape index (κ1) is 13.1. The van der Waals surface area contributed by atoms with Crippen LogP contribution in [0.15, 0.2) is 18.2 Å². The van der Waals surface area contributed by atoms with Crippen molar-refractivity contribution >= 4 is 29.0 Å². The van der Waals surface area contributed by atoms with Gasteiger partial charge >= 0.3 is 0 Å². The van der Waals surface area contributed by atoms with E-state index in [2.05, 4.69) is 0 Å². The molecule has 18 heavy (non-hydrogen) atoms. The Balaban J connectivity index is 2.23. The van der Waals surface area contributed by atoms with Gasteiger partial charge in [-0.1, -0.05) is 17.7 Å². The number of Topliss-reactive ketones (excluding diaryl/α,β-unsaturated/α-hetero) is 1. The van der Waals surface area contributed by atoms with Crippen molar-refractivity contribution in [1.29, 1.82) is 0 Å². The highest BCUT2D eigenvalue weighted by atomic mass is 35.5. The maximum Gasteiger partial charge on any atom is 0.299 e. The third-order valence-corrected chi connectivity index (χ3v) is 3.01. The van der Waals surface area contributed by atoms with Crippen LogP contribution < -0.4 is 4.90 Å². The highest BCUT2D eigenvalue weighted by Crippen LogP contribution is 2.35. The lowest BCUT2D eigenvalue weighted by atomic mass is 10.1. The van der Waals surface area contributed by atoms with Gasteiger partial charge in [-0.3, -0.25) is 9.59 Å². The van der Waals surface area contributed by atoms with Gasteiger partial charge in [0.05, 0.1) is 29.0 Å². The van der Waals surface area contributed by atoms with Crippen LogP contribution in [-0.4, -0.2) is 30.9 Å². The minimum absolute atomic E-state index is 0.0872. The summed E-state index contributed by atoms with van der Waals surface area (Å²) in [5.74, 6) is -1.04. The molecule has 4 nitrogen and oxygen atoms in total. The molecule has 1 amide bonds. The number of rotatable bonds is 4. The molecule has 2 rings (SSSR count). The fraction of sp³-hybridized carbons (Fsp3) is 0.385. The molecule has 0 spiro atoms. The number of hydrogen-bond donors (Lipinski definition) is 0. The topological polar surface area (TPSA) is 46.6 Å². The second-order valence-electron chi connectivity index (χ2n) is 4.34. The first-order valence-electron chi connectivity index (χ1n) is 5.78. The van der Waals surface area contributed by atoms with Crippen LogP contribution in [0.4, 0.5) is 5.69 Å². The normalized spacial score (nSPS) is 14.6. The van der Waals surface area contributed by atoms with E-state index < -0.39 is 11.7 Å². The van der Waals surface area contributed by atoms with E-state index in [4.69, 9.17) is 16.3 Å². The molecule has 1 aromatic carbocycles. The smallest absolute Gasteiger partial charge is 0.299 e. The Hall–Kier alpha value is -1.39.